The molecule has 0 saturated heterocycles. The molecular formula is C4H13N3O3S. The van der Waals surface area contributed by atoms with Gasteiger partial charge in [-0.3, -0.25) is 4.55 Å². The van der Waals surface area contributed by atoms with Crippen molar-refractivity contribution in [2.75, 3.05) is 26.2 Å². The summed E-state index contributed by atoms with van der Waals surface area (Å²) in [4.78, 5) is 0. The molecule has 0 aromatic heterocycles. The Morgan fingerprint density at radius 2 is 1.55 bits per heavy atom. The zero-order chi connectivity index (χ0) is 8.91. The summed E-state index contributed by atoms with van der Waals surface area (Å²) in [5, 5.41) is 0. The van der Waals surface area contributed by atoms with Crippen molar-refractivity contribution in [2.45, 2.75) is 0 Å². The van der Waals surface area contributed by atoms with Crippen LogP contribution in [0.3, 0.4) is 0 Å². The van der Waals surface area contributed by atoms with Crippen LogP contribution in [-0.4, -0.2) is 43.5 Å². The Labute approximate surface area is 66.0 Å². The number of nitrogens with two attached hydrogens (primary N) is 2. The van der Waals surface area contributed by atoms with Gasteiger partial charge in [-0.2, -0.15) is 12.7 Å². The molecule has 0 aliphatic rings. The lowest BCUT2D eigenvalue weighted by molar-refractivity contribution is 0.360. The zero-order valence-corrected chi connectivity index (χ0v) is 6.92. The third kappa shape index (κ3) is 4.27. The van der Waals surface area contributed by atoms with Crippen molar-refractivity contribution in [3.05, 3.63) is 0 Å². The average molecular weight is 183 g/mol. The first-order chi connectivity index (χ1) is 5.02. The van der Waals surface area contributed by atoms with Crippen LogP contribution in [0.25, 0.3) is 0 Å². The lowest BCUT2D eigenvalue weighted by Gasteiger charge is -2.15. The standard InChI is InChI=1S/C4H13N3O3S/c5-1-3-7(4-2-6)11(8,9)10/h1-6H2,(H,8,9,10). The van der Waals surface area contributed by atoms with Gasteiger partial charge in [-0.15, -0.1) is 0 Å². The molecule has 0 aliphatic heterocycles. The molecule has 0 aromatic rings. The molecule has 0 spiro atoms. The maximum atomic E-state index is 10.5. The first-order valence-electron chi connectivity index (χ1n) is 3.15. The zero-order valence-electron chi connectivity index (χ0n) is 6.10. The highest BCUT2D eigenvalue weighted by atomic mass is 32.2. The minimum atomic E-state index is -4.12. The predicted molar refractivity (Wildman–Crippen MR) is 41.2 cm³/mol. The third-order valence-electron chi connectivity index (χ3n) is 1.08. The molecule has 0 saturated carbocycles. The van der Waals surface area contributed by atoms with Crippen LogP contribution in [0.1, 0.15) is 0 Å². The van der Waals surface area contributed by atoms with Crippen LogP contribution in [0.2, 0.25) is 0 Å². The lowest BCUT2D eigenvalue weighted by Crippen LogP contribution is -2.38. The third-order valence-corrected chi connectivity index (χ3v) is 2.10. The Balaban J connectivity index is 4.11. The monoisotopic (exact) mass is 183 g/mol. The minimum absolute atomic E-state index is 0.0933. The van der Waals surface area contributed by atoms with Gasteiger partial charge in [0.2, 0.25) is 0 Å². The van der Waals surface area contributed by atoms with Crippen LogP contribution in [0.5, 0.6) is 0 Å². The number of rotatable bonds is 5. The van der Waals surface area contributed by atoms with E-state index in [1.807, 2.05) is 0 Å². The fourth-order valence-electron chi connectivity index (χ4n) is 0.631. The molecule has 0 unspecified atom stereocenters. The van der Waals surface area contributed by atoms with E-state index in [0.717, 1.165) is 4.31 Å². The summed E-state index contributed by atoms with van der Waals surface area (Å²) >= 11 is 0. The van der Waals surface area contributed by atoms with E-state index in [-0.39, 0.29) is 26.2 Å². The normalized spacial score (nSPS) is 12.4. The first kappa shape index (κ1) is 10.8. The topological polar surface area (TPSA) is 110 Å². The van der Waals surface area contributed by atoms with Crippen LogP contribution in [0.15, 0.2) is 0 Å². The van der Waals surface area contributed by atoms with E-state index in [0.29, 0.717) is 0 Å². The van der Waals surface area contributed by atoms with E-state index < -0.39 is 10.3 Å². The largest absolute Gasteiger partial charge is 0.335 e. The maximum absolute atomic E-state index is 10.5. The molecule has 7 heteroatoms. The van der Waals surface area contributed by atoms with Gasteiger partial charge in [-0.1, -0.05) is 0 Å². The second-order valence-electron chi connectivity index (χ2n) is 1.95. The fourth-order valence-corrected chi connectivity index (χ4v) is 1.30. The van der Waals surface area contributed by atoms with Crippen LogP contribution >= 0.6 is 0 Å². The van der Waals surface area contributed by atoms with E-state index in [2.05, 4.69) is 0 Å². The van der Waals surface area contributed by atoms with Crippen molar-refractivity contribution in [1.29, 1.82) is 0 Å². The molecule has 0 aliphatic carbocycles. The van der Waals surface area contributed by atoms with Gasteiger partial charge in [-0.05, 0) is 0 Å². The highest BCUT2D eigenvalue weighted by Crippen LogP contribution is 1.93. The summed E-state index contributed by atoms with van der Waals surface area (Å²) < 4.78 is 30.3. The van der Waals surface area contributed by atoms with Crippen LogP contribution in [0, 0.1) is 0 Å². The number of hydrogen-bond donors (Lipinski definition) is 3. The Morgan fingerprint density at radius 1 is 1.18 bits per heavy atom. The average Bonchev–Trinajstić information content (AvgIpc) is 1.85. The van der Waals surface area contributed by atoms with Crippen LogP contribution in [0.4, 0.5) is 0 Å². The fraction of sp³-hybridized carbons (Fsp3) is 1.00. The Kier molecular flexibility index (Phi) is 4.54. The molecule has 0 atom stereocenters. The second-order valence-corrected chi connectivity index (χ2v) is 3.37. The SMILES string of the molecule is NCCN(CCN)S(=O)(=O)O. The van der Waals surface area contributed by atoms with Gasteiger partial charge in [0.05, 0.1) is 0 Å². The van der Waals surface area contributed by atoms with Gasteiger partial charge in [-0.25, -0.2) is 0 Å². The quantitative estimate of drug-likeness (QED) is 0.427. The molecular weight excluding hydrogens is 170 g/mol. The summed E-state index contributed by atoms with van der Waals surface area (Å²) in [7, 11) is -4.12. The molecule has 0 fully saturated rings. The predicted octanol–water partition coefficient (Wildman–Crippen LogP) is -1.99. The van der Waals surface area contributed by atoms with Crippen molar-refractivity contribution in [1.82, 2.24) is 4.31 Å². The van der Waals surface area contributed by atoms with Gasteiger partial charge in [0.25, 0.3) is 0 Å². The van der Waals surface area contributed by atoms with Crippen molar-refractivity contribution in [3.63, 3.8) is 0 Å². The van der Waals surface area contributed by atoms with Gasteiger partial charge in [0, 0.05) is 26.2 Å². The molecule has 5 N–H and O–H groups in total. The highest BCUT2D eigenvalue weighted by Gasteiger charge is 2.15. The second kappa shape index (κ2) is 4.62. The molecule has 0 aromatic carbocycles. The molecule has 0 radical (unpaired) electrons. The molecule has 0 bridgehead atoms. The molecule has 6 nitrogen and oxygen atoms in total. The minimum Gasteiger partial charge on any atom is -0.329 e. The number of hydrogen-bond acceptors (Lipinski definition) is 4. The summed E-state index contributed by atoms with van der Waals surface area (Å²) in [5.74, 6) is 0. The van der Waals surface area contributed by atoms with Crippen molar-refractivity contribution < 1.29 is 13.0 Å². The smallest absolute Gasteiger partial charge is 0.329 e. The Morgan fingerprint density at radius 3 is 1.73 bits per heavy atom. The number of nitrogens with zero attached hydrogens (tertiary/aromatic N) is 1. The molecule has 11 heavy (non-hydrogen) atoms. The van der Waals surface area contributed by atoms with Gasteiger partial charge < -0.3 is 11.5 Å². The van der Waals surface area contributed by atoms with Gasteiger partial charge in [0.15, 0.2) is 0 Å². The van der Waals surface area contributed by atoms with E-state index in [1.54, 1.807) is 0 Å². The molecule has 68 valence electrons. The Bertz CT molecular complexity index is 185. The lowest BCUT2D eigenvalue weighted by atomic mass is 10.6. The van der Waals surface area contributed by atoms with E-state index >= 15 is 0 Å². The van der Waals surface area contributed by atoms with E-state index in [9.17, 15) is 8.42 Å². The van der Waals surface area contributed by atoms with Crippen molar-refractivity contribution in [3.8, 4) is 0 Å². The summed E-state index contributed by atoms with van der Waals surface area (Å²) in [5.41, 5.74) is 10.2. The van der Waals surface area contributed by atoms with Gasteiger partial charge >= 0.3 is 10.3 Å². The highest BCUT2D eigenvalue weighted by molar-refractivity contribution is 7.83. The maximum Gasteiger partial charge on any atom is 0.335 e. The summed E-state index contributed by atoms with van der Waals surface area (Å²) in [6.45, 7) is 0.519. The molecule has 0 heterocycles. The van der Waals surface area contributed by atoms with Crippen molar-refractivity contribution in [2.24, 2.45) is 11.5 Å². The van der Waals surface area contributed by atoms with E-state index in [1.165, 1.54) is 0 Å². The first-order valence-corrected chi connectivity index (χ1v) is 4.54. The van der Waals surface area contributed by atoms with Crippen molar-refractivity contribution >= 4 is 10.3 Å². The molecule has 0 rings (SSSR count). The molecule has 0 amide bonds. The van der Waals surface area contributed by atoms with Crippen LogP contribution in [-0.2, 0) is 10.3 Å². The van der Waals surface area contributed by atoms with Gasteiger partial charge in [0.1, 0.15) is 0 Å². The van der Waals surface area contributed by atoms with E-state index in [4.69, 9.17) is 16.0 Å². The van der Waals surface area contributed by atoms with Crippen LogP contribution < -0.4 is 11.5 Å². The Hall–Kier alpha value is -0.210. The summed E-state index contributed by atoms with van der Waals surface area (Å²) in [6.07, 6.45) is 0. The summed E-state index contributed by atoms with van der Waals surface area (Å²) in [6, 6.07) is 0.